The minimum absolute atomic E-state index is 0.0188. The highest BCUT2D eigenvalue weighted by molar-refractivity contribution is 5.78. The van der Waals surface area contributed by atoms with Gasteiger partial charge < -0.3 is 14.7 Å². The zero-order valence-electron chi connectivity index (χ0n) is 8.35. The third-order valence-electron chi connectivity index (χ3n) is 2.27. The number of nitrogens with two attached hydrogens (primary N) is 1. The van der Waals surface area contributed by atoms with Crippen molar-refractivity contribution in [2.24, 2.45) is 5.84 Å². The summed E-state index contributed by atoms with van der Waals surface area (Å²) >= 11 is 0. The van der Waals surface area contributed by atoms with E-state index < -0.39 is 6.41 Å². The normalized spacial score (nSPS) is 19.0. The first-order valence-electron chi connectivity index (χ1n) is 4.65. The molecule has 0 aromatic rings. The molecule has 1 rings (SSSR count). The van der Waals surface area contributed by atoms with Crippen LogP contribution in [0, 0.1) is 0 Å². The number of rotatable bonds is 4. The van der Waals surface area contributed by atoms with Crippen LogP contribution in [0.1, 0.15) is 12.8 Å². The van der Waals surface area contributed by atoms with Gasteiger partial charge >= 0.3 is 0 Å². The van der Waals surface area contributed by atoms with Crippen LogP contribution in [-0.2, 0) is 9.53 Å². The van der Waals surface area contributed by atoms with Crippen LogP contribution in [0.3, 0.4) is 0 Å². The zero-order chi connectivity index (χ0) is 10.6. The number of hydrazine groups is 1. The molecule has 1 fully saturated rings. The van der Waals surface area contributed by atoms with Crippen molar-refractivity contribution in [1.82, 2.24) is 9.91 Å². The SMILES string of the molecule is COC(O)N(N)CC(=O)N1CCCC1. The molecule has 1 saturated heterocycles. The molecule has 82 valence electrons. The fourth-order valence-corrected chi connectivity index (χ4v) is 1.44. The molecule has 0 aromatic carbocycles. The number of amides is 1. The maximum atomic E-state index is 11.5. The lowest BCUT2D eigenvalue weighted by Gasteiger charge is -2.23. The Labute approximate surface area is 83.2 Å². The van der Waals surface area contributed by atoms with Gasteiger partial charge in [-0.2, -0.15) is 5.01 Å². The molecule has 0 aliphatic carbocycles. The molecule has 1 aliphatic rings. The average Bonchev–Trinajstić information content (AvgIpc) is 2.69. The Morgan fingerprint density at radius 1 is 1.64 bits per heavy atom. The summed E-state index contributed by atoms with van der Waals surface area (Å²) < 4.78 is 4.56. The minimum Gasteiger partial charge on any atom is -0.355 e. The van der Waals surface area contributed by atoms with E-state index in [0.29, 0.717) is 0 Å². The van der Waals surface area contributed by atoms with Crippen molar-refractivity contribution in [3.05, 3.63) is 0 Å². The summed E-state index contributed by atoms with van der Waals surface area (Å²) in [5, 5.41) is 10.1. The second-order valence-corrected chi connectivity index (χ2v) is 3.32. The Balaban J connectivity index is 2.31. The van der Waals surface area contributed by atoms with Crippen LogP contribution in [-0.4, -0.2) is 54.1 Å². The summed E-state index contributed by atoms with van der Waals surface area (Å²) in [6.45, 7) is 1.56. The van der Waals surface area contributed by atoms with E-state index in [-0.39, 0.29) is 12.5 Å². The number of ether oxygens (including phenoxy) is 1. The van der Waals surface area contributed by atoms with Gasteiger partial charge in [-0.25, -0.2) is 0 Å². The maximum absolute atomic E-state index is 11.5. The number of hydrogen-bond acceptors (Lipinski definition) is 5. The lowest BCUT2D eigenvalue weighted by atomic mass is 10.4. The Hall–Kier alpha value is -0.690. The quantitative estimate of drug-likeness (QED) is 0.337. The number of likely N-dealkylation sites (tertiary alicyclic amines) is 1. The van der Waals surface area contributed by atoms with Gasteiger partial charge in [0.2, 0.25) is 12.3 Å². The van der Waals surface area contributed by atoms with E-state index in [2.05, 4.69) is 4.74 Å². The van der Waals surface area contributed by atoms with E-state index >= 15 is 0 Å². The maximum Gasteiger partial charge on any atom is 0.238 e. The molecular weight excluding hydrogens is 186 g/mol. The molecule has 1 amide bonds. The molecule has 6 heteroatoms. The summed E-state index contributed by atoms with van der Waals surface area (Å²) in [5.41, 5.74) is 0. The molecule has 1 heterocycles. The van der Waals surface area contributed by atoms with Gasteiger partial charge in [-0.05, 0) is 12.8 Å². The first kappa shape index (κ1) is 11.4. The monoisotopic (exact) mass is 203 g/mol. The van der Waals surface area contributed by atoms with E-state index in [0.717, 1.165) is 30.9 Å². The van der Waals surface area contributed by atoms with Crippen LogP contribution in [0.5, 0.6) is 0 Å². The largest absolute Gasteiger partial charge is 0.355 e. The Morgan fingerprint density at radius 3 is 2.71 bits per heavy atom. The standard InChI is InChI=1S/C8H17N3O3/c1-14-8(13)11(9)6-7(12)10-4-2-3-5-10/h8,13H,2-6,9H2,1H3. The smallest absolute Gasteiger partial charge is 0.238 e. The number of aliphatic hydroxyl groups is 1. The lowest BCUT2D eigenvalue weighted by Crippen LogP contribution is -2.48. The molecule has 1 unspecified atom stereocenters. The Kier molecular flexibility index (Phi) is 4.27. The molecule has 0 radical (unpaired) electrons. The number of hydrogen-bond donors (Lipinski definition) is 2. The van der Waals surface area contributed by atoms with E-state index in [1.54, 1.807) is 4.90 Å². The summed E-state index contributed by atoms with van der Waals surface area (Å²) in [4.78, 5) is 13.3. The lowest BCUT2D eigenvalue weighted by molar-refractivity contribution is -0.183. The minimum atomic E-state index is -1.22. The summed E-state index contributed by atoms with van der Waals surface area (Å²) in [5.74, 6) is 5.34. The van der Waals surface area contributed by atoms with Crippen LogP contribution in [0.4, 0.5) is 0 Å². The van der Waals surface area contributed by atoms with Crippen LogP contribution < -0.4 is 5.84 Å². The number of methoxy groups -OCH3 is 1. The fourth-order valence-electron chi connectivity index (χ4n) is 1.44. The molecule has 0 bridgehead atoms. The molecule has 14 heavy (non-hydrogen) atoms. The Bertz CT molecular complexity index is 194. The second kappa shape index (κ2) is 5.26. The van der Waals surface area contributed by atoms with Gasteiger partial charge in [0.15, 0.2) is 0 Å². The molecule has 0 aromatic heterocycles. The molecule has 6 nitrogen and oxygen atoms in total. The molecular formula is C8H17N3O3. The third kappa shape index (κ3) is 2.91. The molecule has 1 aliphatic heterocycles. The molecule has 3 N–H and O–H groups in total. The first-order chi connectivity index (χ1) is 6.65. The van der Waals surface area contributed by atoms with Crippen molar-refractivity contribution < 1.29 is 14.6 Å². The number of carbonyl (C=O) groups excluding carboxylic acids is 1. The number of nitrogens with zero attached hydrogens (tertiary/aromatic N) is 2. The van der Waals surface area contributed by atoms with E-state index in [9.17, 15) is 4.79 Å². The van der Waals surface area contributed by atoms with Gasteiger partial charge in [0.1, 0.15) is 0 Å². The predicted octanol–water partition coefficient (Wildman–Crippen LogP) is -1.29. The van der Waals surface area contributed by atoms with Gasteiger partial charge in [-0.3, -0.25) is 10.6 Å². The molecule has 0 saturated carbocycles. The van der Waals surface area contributed by atoms with Gasteiger partial charge in [-0.15, -0.1) is 0 Å². The molecule has 0 spiro atoms. The number of carbonyl (C=O) groups is 1. The summed E-state index contributed by atoms with van der Waals surface area (Å²) in [7, 11) is 1.32. The van der Waals surface area contributed by atoms with Crippen LogP contribution in [0.15, 0.2) is 0 Å². The van der Waals surface area contributed by atoms with Gasteiger partial charge in [0.25, 0.3) is 0 Å². The fraction of sp³-hybridized carbons (Fsp3) is 0.875. The zero-order valence-corrected chi connectivity index (χ0v) is 8.35. The van der Waals surface area contributed by atoms with Crippen LogP contribution in [0.25, 0.3) is 0 Å². The van der Waals surface area contributed by atoms with Crippen molar-refractivity contribution in [3.63, 3.8) is 0 Å². The third-order valence-corrected chi connectivity index (χ3v) is 2.27. The van der Waals surface area contributed by atoms with Crippen molar-refractivity contribution in [2.45, 2.75) is 19.3 Å². The van der Waals surface area contributed by atoms with Crippen molar-refractivity contribution in [2.75, 3.05) is 26.7 Å². The van der Waals surface area contributed by atoms with Crippen molar-refractivity contribution >= 4 is 5.91 Å². The van der Waals surface area contributed by atoms with Crippen molar-refractivity contribution in [3.8, 4) is 0 Å². The highest BCUT2D eigenvalue weighted by Crippen LogP contribution is 2.07. The van der Waals surface area contributed by atoms with E-state index in [1.165, 1.54) is 7.11 Å². The first-order valence-corrected chi connectivity index (χ1v) is 4.65. The average molecular weight is 203 g/mol. The summed E-state index contributed by atoms with van der Waals surface area (Å²) in [6, 6.07) is 0. The summed E-state index contributed by atoms with van der Waals surface area (Å²) in [6.07, 6.45) is 0.869. The van der Waals surface area contributed by atoms with Crippen LogP contribution in [0.2, 0.25) is 0 Å². The topological polar surface area (TPSA) is 79.0 Å². The van der Waals surface area contributed by atoms with Gasteiger partial charge in [-0.1, -0.05) is 0 Å². The number of aliphatic hydroxyl groups excluding tert-OH is 1. The highest BCUT2D eigenvalue weighted by atomic mass is 16.6. The second-order valence-electron chi connectivity index (χ2n) is 3.32. The van der Waals surface area contributed by atoms with Gasteiger partial charge in [0, 0.05) is 20.2 Å². The molecule has 1 atom stereocenters. The van der Waals surface area contributed by atoms with Crippen LogP contribution >= 0.6 is 0 Å². The van der Waals surface area contributed by atoms with E-state index in [4.69, 9.17) is 10.9 Å². The Morgan fingerprint density at radius 2 is 2.21 bits per heavy atom. The van der Waals surface area contributed by atoms with Crippen molar-refractivity contribution in [1.29, 1.82) is 0 Å². The van der Waals surface area contributed by atoms with E-state index in [1.807, 2.05) is 0 Å². The highest BCUT2D eigenvalue weighted by Gasteiger charge is 2.21. The van der Waals surface area contributed by atoms with Gasteiger partial charge in [0.05, 0.1) is 6.54 Å². The predicted molar refractivity (Wildman–Crippen MR) is 49.7 cm³/mol.